The highest BCUT2D eigenvalue weighted by molar-refractivity contribution is 6.06. The van der Waals surface area contributed by atoms with Gasteiger partial charge in [0.1, 0.15) is 18.4 Å². The van der Waals surface area contributed by atoms with Crippen molar-refractivity contribution in [3.05, 3.63) is 71.5 Å². The van der Waals surface area contributed by atoms with Crippen LogP contribution in [0, 0.1) is 5.82 Å². The third-order valence-electron chi connectivity index (χ3n) is 4.38. The van der Waals surface area contributed by atoms with Crippen molar-refractivity contribution in [2.45, 2.75) is 25.4 Å². The van der Waals surface area contributed by atoms with Gasteiger partial charge in [-0.05, 0) is 36.1 Å². The standard InChI is InChI=1S/C20H20FN3O3/c21-16-9-6-15(7-10-16)12-22-18(25)13-24-19(26)17(23-20(24)27)11-8-14-4-2-1-3-5-14/h1-7,9-10,17H,8,11-13H2,(H,22,25)(H,23,27)/t17-/m1/s1. The first kappa shape index (κ1) is 18.6. The Bertz CT molecular complexity index is 824. The second-order valence-electron chi connectivity index (χ2n) is 6.35. The number of nitrogens with zero attached hydrogens (tertiary/aromatic N) is 1. The van der Waals surface area contributed by atoms with E-state index >= 15 is 0 Å². The fourth-order valence-electron chi connectivity index (χ4n) is 2.88. The number of rotatable bonds is 7. The van der Waals surface area contributed by atoms with Crippen molar-refractivity contribution < 1.29 is 18.8 Å². The zero-order chi connectivity index (χ0) is 19.2. The lowest BCUT2D eigenvalue weighted by atomic mass is 10.1. The zero-order valence-corrected chi connectivity index (χ0v) is 14.7. The van der Waals surface area contributed by atoms with E-state index in [1.165, 1.54) is 12.1 Å². The highest BCUT2D eigenvalue weighted by Crippen LogP contribution is 2.13. The Morgan fingerprint density at radius 1 is 1.04 bits per heavy atom. The molecule has 0 spiro atoms. The molecule has 0 radical (unpaired) electrons. The van der Waals surface area contributed by atoms with Gasteiger partial charge in [0.2, 0.25) is 5.91 Å². The van der Waals surface area contributed by atoms with Gasteiger partial charge < -0.3 is 10.6 Å². The van der Waals surface area contributed by atoms with Gasteiger partial charge in [-0.15, -0.1) is 0 Å². The van der Waals surface area contributed by atoms with Crippen molar-refractivity contribution >= 4 is 17.8 Å². The van der Waals surface area contributed by atoms with Crippen LogP contribution in [0.3, 0.4) is 0 Å². The molecule has 27 heavy (non-hydrogen) atoms. The predicted octanol–water partition coefficient (Wildman–Crippen LogP) is 2.00. The molecule has 0 aliphatic carbocycles. The topological polar surface area (TPSA) is 78.5 Å². The quantitative estimate of drug-likeness (QED) is 0.733. The fourth-order valence-corrected chi connectivity index (χ4v) is 2.88. The summed E-state index contributed by atoms with van der Waals surface area (Å²) in [4.78, 5) is 37.4. The predicted molar refractivity (Wildman–Crippen MR) is 97.0 cm³/mol. The molecule has 0 aromatic heterocycles. The van der Waals surface area contributed by atoms with Crippen molar-refractivity contribution in [1.82, 2.24) is 15.5 Å². The first-order valence-corrected chi connectivity index (χ1v) is 8.70. The first-order valence-electron chi connectivity index (χ1n) is 8.70. The van der Waals surface area contributed by atoms with Crippen LogP contribution in [0.4, 0.5) is 9.18 Å². The lowest BCUT2D eigenvalue weighted by Gasteiger charge is -2.13. The van der Waals surface area contributed by atoms with Crippen LogP contribution in [-0.2, 0) is 22.6 Å². The summed E-state index contributed by atoms with van der Waals surface area (Å²) in [6, 6.07) is 14.2. The van der Waals surface area contributed by atoms with E-state index in [0.717, 1.165) is 16.0 Å². The van der Waals surface area contributed by atoms with Gasteiger partial charge in [0.15, 0.2) is 0 Å². The molecular weight excluding hydrogens is 349 g/mol. The minimum atomic E-state index is -0.623. The summed E-state index contributed by atoms with van der Waals surface area (Å²) in [5, 5.41) is 5.25. The van der Waals surface area contributed by atoms with Crippen molar-refractivity contribution in [2.75, 3.05) is 6.54 Å². The molecule has 3 rings (SSSR count). The molecule has 2 aromatic rings. The van der Waals surface area contributed by atoms with Crippen molar-refractivity contribution in [2.24, 2.45) is 0 Å². The third kappa shape index (κ3) is 4.91. The Kier molecular flexibility index (Phi) is 5.80. The van der Waals surface area contributed by atoms with Crippen molar-refractivity contribution in [3.8, 4) is 0 Å². The highest BCUT2D eigenvalue weighted by Gasteiger charge is 2.38. The minimum Gasteiger partial charge on any atom is -0.350 e. The number of urea groups is 1. The second kappa shape index (κ2) is 8.44. The molecule has 1 atom stereocenters. The van der Waals surface area contributed by atoms with E-state index in [4.69, 9.17) is 0 Å². The van der Waals surface area contributed by atoms with Gasteiger partial charge in [-0.1, -0.05) is 42.5 Å². The van der Waals surface area contributed by atoms with E-state index in [-0.39, 0.29) is 18.9 Å². The zero-order valence-electron chi connectivity index (χ0n) is 14.7. The van der Waals surface area contributed by atoms with Crippen LogP contribution in [0.2, 0.25) is 0 Å². The molecular formula is C20H20FN3O3. The van der Waals surface area contributed by atoms with Crippen LogP contribution in [0.25, 0.3) is 0 Å². The van der Waals surface area contributed by atoms with Gasteiger partial charge in [0.05, 0.1) is 0 Å². The van der Waals surface area contributed by atoms with E-state index in [0.29, 0.717) is 12.8 Å². The molecule has 1 saturated heterocycles. The molecule has 4 amide bonds. The summed E-state index contributed by atoms with van der Waals surface area (Å²) >= 11 is 0. The molecule has 140 valence electrons. The number of carbonyl (C=O) groups is 3. The first-order chi connectivity index (χ1) is 13.0. The van der Waals surface area contributed by atoms with E-state index in [2.05, 4.69) is 10.6 Å². The van der Waals surface area contributed by atoms with Crippen molar-refractivity contribution in [1.29, 1.82) is 0 Å². The summed E-state index contributed by atoms with van der Waals surface area (Å²) < 4.78 is 12.9. The summed E-state index contributed by atoms with van der Waals surface area (Å²) in [6.07, 6.45) is 1.13. The molecule has 7 heteroatoms. The van der Waals surface area contributed by atoms with E-state index < -0.39 is 23.9 Å². The van der Waals surface area contributed by atoms with Gasteiger partial charge in [0, 0.05) is 6.54 Å². The Labute approximate surface area is 156 Å². The van der Waals surface area contributed by atoms with E-state index in [9.17, 15) is 18.8 Å². The lowest BCUT2D eigenvalue weighted by Crippen LogP contribution is -2.41. The largest absolute Gasteiger partial charge is 0.350 e. The summed E-state index contributed by atoms with van der Waals surface area (Å²) in [5.74, 6) is -1.20. The molecule has 0 unspecified atom stereocenters. The third-order valence-corrected chi connectivity index (χ3v) is 4.38. The van der Waals surface area contributed by atoms with Crippen molar-refractivity contribution in [3.63, 3.8) is 0 Å². The van der Waals surface area contributed by atoms with Crippen LogP contribution in [0.5, 0.6) is 0 Å². The molecule has 1 fully saturated rings. The van der Waals surface area contributed by atoms with Crippen LogP contribution >= 0.6 is 0 Å². The number of benzene rings is 2. The Hall–Kier alpha value is -3.22. The van der Waals surface area contributed by atoms with Gasteiger partial charge in [0.25, 0.3) is 5.91 Å². The Balaban J connectivity index is 1.49. The van der Waals surface area contributed by atoms with Crippen LogP contribution in [0.1, 0.15) is 17.5 Å². The number of aryl methyl sites for hydroxylation is 1. The lowest BCUT2D eigenvalue weighted by molar-refractivity contribution is -0.132. The summed E-state index contributed by atoms with van der Waals surface area (Å²) in [5.41, 5.74) is 1.80. The minimum absolute atomic E-state index is 0.195. The molecule has 0 saturated carbocycles. The molecule has 6 nitrogen and oxygen atoms in total. The molecule has 2 aromatic carbocycles. The normalized spacial score (nSPS) is 16.3. The summed E-state index contributed by atoms with van der Waals surface area (Å²) in [6.45, 7) is -0.145. The van der Waals surface area contributed by atoms with Gasteiger partial charge >= 0.3 is 6.03 Å². The maximum Gasteiger partial charge on any atom is 0.325 e. The number of imide groups is 1. The highest BCUT2D eigenvalue weighted by atomic mass is 19.1. The average Bonchev–Trinajstić information content (AvgIpc) is 2.94. The Morgan fingerprint density at radius 3 is 2.44 bits per heavy atom. The van der Waals surface area contributed by atoms with Gasteiger partial charge in [-0.3, -0.25) is 14.5 Å². The number of amides is 4. The fraction of sp³-hybridized carbons (Fsp3) is 0.250. The number of halogens is 1. The Morgan fingerprint density at radius 2 is 1.74 bits per heavy atom. The van der Waals surface area contributed by atoms with E-state index in [1.807, 2.05) is 30.3 Å². The maximum absolute atomic E-state index is 12.9. The number of carbonyl (C=O) groups excluding carboxylic acids is 3. The molecule has 2 N–H and O–H groups in total. The second-order valence-corrected chi connectivity index (χ2v) is 6.35. The summed E-state index contributed by atoms with van der Waals surface area (Å²) in [7, 11) is 0. The van der Waals surface area contributed by atoms with Gasteiger partial charge in [-0.25, -0.2) is 9.18 Å². The number of hydrogen-bond acceptors (Lipinski definition) is 3. The van der Waals surface area contributed by atoms with E-state index in [1.54, 1.807) is 12.1 Å². The van der Waals surface area contributed by atoms with Crippen LogP contribution < -0.4 is 10.6 Å². The monoisotopic (exact) mass is 369 g/mol. The molecule has 1 heterocycles. The van der Waals surface area contributed by atoms with Crippen LogP contribution in [-0.4, -0.2) is 35.3 Å². The molecule has 1 aliphatic rings. The number of hydrogen-bond donors (Lipinski definition) is 2. The maximum atomic E-state index is 12.9. The van der Waals surface area contributed by atoms with Crippen LogP contribution in [0.15, 0.2) is 54.6 Å². The molecule has 1 aliphatic heterocycles. The average molecular weight is 369 g/mol. The molecule has 0 bridgehead atoms. The van der Waals surface area contributed by atoms with Gasteiger partial charge in [-0.2, -0.15) is 0 Å². The number of nitrogens with one attached hydrogen (secondary N) is 2. The smallest absolute Gasteiger partial charge is 0.325 e. The SMILES string of the molecule is O=C(CN1C(=O)N[C@H](CCc2ccccc2)C1=O)NCc1ccc(F)cc1.